The molecule has 12 heteroatoms. The van der Waals surface area contributed by atoms with E-state index in [1.54, 1.807) is 6.20 Å². The van der Waals surface area contributed by atoms with Crippen molar-refractivity contribution < 1.29 is 18.7 Å². The molecule has 3 aromatic rings. The summed E-state index contributed by atoms with van der Waals surface area (Å²) in [7, 11) is 1.41. The zero-order chi connectivity index (χ0) is 23.5. The van der Waals surface area contributed by atoms with Crippen molar-refractivity contribution in [3.8, 4) is 11.6 Å². The van der Waals surface area contributed by atoms with Gasteiger partial charge in [-0.1, -0.05) is 0 Å². The van der Waals surface area contributed by atoms with E-state index >= 15 is 0 Å². The van der Waals surface area contributed by atoms with Crippen LogP contribution in [-0.4, -0.2) is 78.7 Å². The van der Waals surface area contributed by atoms with Crippen molar-refractivity contribution >= 4 is 40.9 Å². The molecule has 0 unspecified atom stereocenters. The van der Waals surface area contributed by atoms with Crippen molar-refractivity contribution in [3.05, 3.63) is 42.0 Å². The molecule has 0 aliphatic carbocycles. The van der Waals surface area contributed by atoms with Gasteiger partial charge in [0, 0.05) is 58.1 Å². The lowest BCUT2D eigenvalue weighted by atomic mass is 10.2. The molecule has 5 heterocycles. The number of nitrogens with one attached hydrogen (secondary N) is 2. The average Bonchev–Trinajstić information content (AvgIpc) is 2.86. The van der Waals surface area contributed by atoms with Crippen LogP contribution in [0.25, 0.3) is 11.0 Å². The fourth-order valence-electron chi connectivity index (χ4n) is 4.18. The first-order chi connectivity index (χ1) is 16.6. The molecular formula is C23H27ClFN7O3. The molecule has 0 atom stereocenters. The number of piperazine rings is 1. The van der Waals surface area contributed by atoms with Gasteiger partial charge in [-0.3, -0.25) is 14.7 Å². The minimum atomic E-state index is -0.513. The number of nitrogens with zero attached hydrogens (tertiary/aromatic N) is 5. The fourth-order valence-corrected chi connectivity index (χ4v) is 4.18. The van der Waals surface area contributed by atoms with Gasteiger partial charge in [-0.05, 0) is 18.2 Å². The van der Waals surface area contributed by atoms with Crippen LogP contribution in [0.2, 0.25) is 0 Å². The molecule has 2 N–H and O–H groups in total. The van der Waals surface area contributed by atoms with Crippen molar-refractivity contribution in [2.45, 2.75) is 6.54 Å². The van der Waals surface area contributed by atoms with Gasteiger partial charge in [0.2, 0.25) is 0 Å². The zero-order valence-electron chi connectivity index (χ0n) is 19.3. The number of carbonyl (C=O) groups is 1. The monoisotopic (exact) mass is 503 g/mol. The zero-order valence-corrected chi connectivity index (χ0v) is 20.1. The predicted molar refractivity (Wildman–Crippen MR) is 132 cm³/mol. The number of aromatic nitrogens is 3. The highest BCUT2D eigenvalue weighted by Gasteiger charge is 2.21. The number of halogens is 2. The summed E-state index contributed by atoms with van der Waals surface area (Å²) in [6, 6.07) is 7.02. The second kappa shape index (κ2) is 11.0. The molecule has 0 saturated carbocycles. The third kappa shape index (κ3) is 5.53. The first-order valence-electron chi connectivity index (χ1n) is 11.2. The van der Waals surface area contributed by atoms with Crippen LogP contribution in [0.3, 0.4) is 0 Å². The summed E-state index contributed by atoms with van der Waals surface area (Å²) in [5, 5.41) is 6.14. The largest absolute Gasteiger partial charge is 0.480 e. The molecule has 1 amide bonds. The summed E-state index contributed by atoms with van der Waals surface area (Å²) in [6.07, 6.45) is 1.69. The Balaban J connectivity index is 0.00000289. The van der Waals surface area contributed by atoms with Crippen LogP contribution in [0.1, 0.15) is 5.69 Å². The molecule has 2 aliphatic heterocycles. The van der Waals surface area contributed by atoms with E-state index in [0.717, 1.165) is 50.6 Å². The maximum Gasteiger partial charge on any atom is 0.263 e. The summed E-state index contributed by atoms with van der Waals surface area (Å²) in [5.41, 5.74) is 2.95. The highest BCUT2D eigenvalue weighted by atomic mass is 35.5. The van der Waals surface area contributed by atoms with Crippen LogP contribution >= 0.6 is 12.4 Å². The smallest absolute Gasteiger partial charge is 0.263 e. The van der Waals surface area contributed by atoms with Crippen molar-refractivity contribution in [2.75, 3.05) is 63.2 Å². The van der Waals surface area contributed by atoms with Gasteiger partial charge in [-0.2, -0.15) is 0 Å². The summed E-state index contributed by atoms with van der Waals surface area (Å²) < 4.78 is 24.4. The van der Waals surface area contributed by atoms with Gasteiger partial charge in [0.1, 0.15) is 5.52 Å². The Kier molecular flexibility index (Phi) is 7.79. The topological polar surface area (TPSA) is 105 Å². The molecule has 35 heavy (non-hydrogen) atoms. The van der Waals surface area contributed by atoms with Crippen LogP contribution in [0.4, 0.5) is 15.9 Å². The fraction of sp³-hybridized carbons (Fsp3) is 0.391. The maximum atomic E-state index is 14.0. The first kappa shape index (κ1) is 24.8. The number of fused-ring (bicyclic) bond motifs is 2. The van der Waals surface area contributed by atoms with Crippen LogP contribution < -0.4 is 25.0 Å². The minimum absolute atomic E-state index is 0. The molecule has 0 spiro atoms. The van der Waals surface area contributed by atoms with E-state index < -0.39 is 5.82 Å². The molecule has 1 saturated heterocycles. The van der Waals surface area contributed by atoms with Gasteiger partial charge in [0.25, 0.3) is 11.8 Å². The van der Waals surface area contributed by atoms with E-state index in [9.17, 15) is 9.18 Å². The Labute approximate surface area is 208 Å². The molecular weight excluding hydrogens is 477 g/mol. The average molecular weight is 504 g/mol. The number of anilines is 2. The summed E-state index contributed by atoms with van der Waals surface area (Å²) in [4.78, 5) is 29.2. The lowest BCUT2D eigenvalue weighted by Gasteiger charge is -2.36. The third-order valence-electron chi connectivity index (χ3n) is 5.96. The molecule has 0 bridgehead atoms. The van der Waals surface area contributed by atoms with Crippen LogP contribution in [-0.2, 0) is 11.3 Å². The summed E-state index contributed by atoms with van der Waals surface area (Å²) in [6.45, 7) is 5.86. The number of ether oxygens (including phenoxy) is 2. The second-order valence-electron chi connectivity index (χ2n) is 8.17. The number of methoxy groups -OCH3 is 1. The Morgan fingerprint density at radius 3 is 2.83 bits per heavy atom. The molecule has 10 nitrogen and oxygen atoms in total. The molecule has 186 valence electrons. The van der Waals surface area contributed by atoms with Gasteiger partial charge in [0.05, 0.1) is 24.0 Å². The number of hydrogen-bond acceptors (Lipinski definition) is 9. The number of amides is 1. The Morgan fingerprint density at radius 2 is 2.03 bits per heavy atom. The van der Waals surface area contributed by atoms with Crippen molar-refractivity contribution in [2.24, 2.45) is 0 Å². The number of hydrogen-bond donors (Lipinski definition) is 2. The maximum absolute atomic E-state index is 14.0. The van der Waals surface area contributed by atoms with Gasteiger partial charge in [-0.15, -0.1) is 12.4 Å². The van der Waals surface area contributed by atoms with E-state index in [-0.39, 0.29) is 30.8 Å². The molecule has 2 aliphatic rings. The Hall–Kier alpha value is -3.28. The Bertz CT molecular complexity index is 1210. The van der Waals surface area contributed by atoms with E-state index in [2.05, 4.69) is 35.4 Å². The van der Waals surface area contributed by atoms with E-state index in [1.165, 1.54) is 13.2 Å². The van der Waals surface area contributed by atoms with Gasteiger partial charge in [0.15, 0.2) is 24.0 Å². The summed E-state index contributed by atoms with van der Waals surface area (Å²) >= 11 is 0. The van der Waals surface area contributed by atoms with Gasteiger partial charge >= 0.3 is 0 Å². The molecule has 3 aromatic heterocycles. The molecule has 0 aromatic carbocycles. The standard InChI is InChI=1S/C23H26FN7O3.ClH/c1-33-23-16(24)12-17-21(29-23)18(4-5-26-17)31-10-8-30(9-11-31)7-6-25-13-15-2-3-19-22(27-15)28-20(32)14-34-19;/h2-5,12,25H,6-11,13-14H2,1H3,(H,27,28,32);1H. The van der Waals surface area contributed by atoms with E-state index in [1.807, 2.05) is 18.2 Å². The quantitative estimate of drug-likeness (QED) is 0.467. The first-order valence-corrected chi connectivity index (χ1v) is 11.2. The minimum Gasteiger partial charge on any atom is -0.480 e. The number of rotatable bonds is 7. The molecule has 0 radical (unpaired) electrons. The van der Waals surface area contributed by atoms with E-state index in [0.29, 0.717) is 29.1 Å². The van der Waals surface area contributed by atoms with Gasteiger partial charge < -0.3 is 25.0 Å². The normalized spacial score (nSPS) is 15.7. The van der Waals surface area contributed by atoms with Crippen molar-refractivity contribution in [3.63, 3.8) is 0 Å². The van der Waals surface area contributed by atoms with Crippen LogP contribution in [0.15, 0.2) is 30.5 Å². The van der Waals surface area contributed by atoms with Crippen molar-refractivity contribution in [1.29, 1.82) is 0 Å². The SMILES string of the molecule is COc1nc2c(N3CCN(CCNCc4ccc5c(n4)NC(=O)CO5)CC3)ccnc2cc1F.Cl. The van der Waals surface area contributed by atoms with Crippen molar-refractivity contribution in [1.82, 2.24) is 25.2 Å². The second-order valence-corrected chi connectivity index (χ2v) is 8.17. The molecule has 1 fully saturated rings. The van der Waals surface area contributed by atoms with E-state index in [4.69, 9.17) is 9.47 Å². The van der Waals surface area contributed by atoms with Gasteiger partial charge in [-0.25, -0.2) is 14.4 Å². The lowest BCUT2D eigenvalue weighted by Crippen LogP contribution is -2.48. The summed E-state index contributed by atoms with van der Waals surface area (Å²) in [5.74, 6) is 0.355. The predicted octanol–water partition coefficient (Wildman–Crippen LogP) is 1.84. The third-order valence-corrected chi connectivity index (χ3v) is 5.96. The lowest BCUT2D eigenvalue weighted by molar-refractivity contribution is -0.118. The number of carbonyl (C=O) groups excluding carboxylic acids is 1. The Morgan fingerprint density at radius 1 is 1.20 bits per heavy atom. The number of pyridine rings is 3. The van der Waals surface area contributed by atoms with Crippen LogP contribution in [0, 0.1) is 5.82 Å². The molecule has 5 rings (SSSR count). The highest BCUT2D eigenvalue weighted by Crippen LogP contribution is 2.28. The van der Waals surface area contributed by atoms with Crippen LogP contribution in [0.5, 0.6) is 11.6 Å². The highest BCUT2D eigenvalue weighted by molar-refractivity contribution is 5.94.